The highest BCUT2D eigenvalue weighted by Gasteiger charge is 2.45. The van der Waals surface area contributed by atoms with Crippen LogP contribution in [0, 0.1) is 6.92 Å². The maximum Gasteiger partial charge on any atom is 0.251 e. The van der Waals surface area contributed by atoms with Crippen LogP contribution in [0.2, 0.25) is 0 Å². The quantitative estimate of drug-likeness (QED) is 0.272. The molecule has 0 radical (unpaired) electrons. The van der Waals surface area contributed by atoms with Gasteiger partial charge in [-0.15, -0.1) is 0 Å². The zero-order valence-electron chi connectivity index (χ0n) is 22.6. The van der Waals surface area contributed by atoms with Crippen molar-refractivity contribution >= 4 is 22.1 Å². The van der Waals surface area contributed by atoms with E-state index < -0.39 is 10.0 Å². The number of hydrogen-bond acceptors (Lipinski definition) is 5. The first kappa shape index (κ1) is 27.4. The average molecular weight is 553 g/mol. The molecule has 40 heavy (non-hydrogen) atoms. The van der Waals surface area contributed by atoms with Gasteiger partial charge in [0, 0.05) is 44.3 Å². The van der Waals surface area contributed by atoms with Crippen LogP contribution in [0.5, 0.6) is 0 Å². The summed E-state index contributed by atoms with van der Waals surface area (Å²) in [6.45, 7) is 2.36. The fraction of sp³-hybridized carbons (Fsp3) is 0.219. The first-order valence-corrected chi connectivity index (χ1v) is 14.6. The van der Waals surface area contributed by atoms with Crippen LogP contribution in [0.1, 0.15) is 51.0 Å². The average Bonchev–Trinajstić information content (AvgIpc) is 3.75. The Labute approximate surface area is 235 Å². The number of benzene rings is 3. The first-order valence-electron chi connectivity index (χ1n) is 13.2. The summed E-state index contributed by atoms with van der Waals surface area (Å²) in [5.74, 6) is -0.138. The highest BCUT2D eigenvalue weighted by atomic mass is 32.2. The van der Waals surface area contributed by atoms with E-state index in [0.29, 0.717) is 5.56 Å². The molecule has 4 aromatic rings. The Kier molecular flexibility index (Phi) is 7.91. The summed E-state index contributed by atoms with van der Waals surface area (Å²) in [5, 5.41) is 3.22. The molecular weight excluding hydrogens is 520 g/mol. The number of aryl methyl sites for hydroxylation is 1. The number of carbonyl (C=O) groups excluding carboxylic acids is 1. The Morgan fingerprint density at radius 3 is 2.33 bits per heavy atom. The van der Waals surface area contributed by atoms with Crippen LogP contribution in [0.15, 0.2) is 107 Å². The van der Waals surface area contributed by atoms with Gasteiger partial charge in [0.05, 0.1) is 10.4 Å². The minimum Gasteiger partial charge on any atom is -0.343 e. The van der Waals surface area contributed by atoms with Gasteiger partial charge < -0.3 is 5.32 Å². The summed E-state index contributed by atoms with van der Waals surface area (Å²) in [4.78, 5) is 21.4. The fourth-order valence-electron chi connectivity index (χ4n) is 4.75. The van der Waals surface area contributed by atoms with Crippen molar-refractivity contribution in [2.24, 2.45) is 4.99 Å². The topological polar surface area (TPSA) is 91.7 Å². The molecule has 1 saturated carbocycles. The largest absolute Gasteiger partial charge is 0.343 e. The fourth-order valence-corrected chi connectivity index (χ4v) is 6.17. The third-order valence-corrected chi connectivity index (χ3v) is 8.93. The predicted molar refractivity (Wildman–Crippen MR) is 157 cm³/mol. The molecule has 204 valence electrons. The van der Waals surface area contributed by atoms with E-state index in [0.717, 1.165) is 35.1 Å². The Bertz CT molecular complexity index is 1610. The van der Waals surface area contributed by atoms with E-state index in [1.165, 1.54) is 9.87 Å². The van der Waals surface area contributed by atoms with Gasteiger partial charge in [0.1, 0.15) is 0 Å². The highest BCUT2D eigenvalue weighted by Crippen LogP contribution is 2.45. The van der Waals surface area contributed by atoms with E-state index in [1.54, 1.807) is 68.1 Å². The van der Waals surface area contributed by atoms with E-state index in [2.05, 4.69) is 27.4 Å². The normalized spacial score (nSPS) is 14.4. The van der Waals surface area contributed by atoms with Crippen LogP contribution in [0.3, 0.4) is 0 Å². The molecule has 1 aliphatic rings. The lowest BCUT2D eigenvalue weighted by Gasteiger charge is -2.23. The highest BCUT2D eigenvalue weighted by molar-refractivity contribution is 7.89. The molecule has 0 unspecified atom stereocenters. The Hall–Kier alpha value is -4.14. The van der Waals surface area contributed by atoms with Crippen molar-refractivity contribution in [2.75, 3.05) is 7.05 Å². The zero-order chi connectivity index (χ0) is 28.2. The number of nitrogens with one attached hydrogen (secondary N) is 1. The molecule has 0 atom stereocenters. The van der Waals surface area contributed by atoms with E-state index in [-0.39, 0.29) is 29.4 Å². The van der Waals surface area contributed by atoms with Crippen molar-refractivity contribution in [1.82, 2.24) is 14.6 Å². The summed E-state index contributed by atoms with van der Waals surface area (Å²) < 4.78 is 28.9. The van der Waals surface area contributed by atoms with Crippen molar-refractivity contribution in [3.8, 4) is 0 Å². The molecule has 1 aliphatic carbocycles. The van der Waals surface area contributed by atoms with Crippen LogP contribution in [-0.2, 0) is 28.7 Å². The Morgan fingerprint density at radius 2 is 1.70 bits per heavy atom. The summed E-state index contributed by atoms with van der Waals surface area (Å²) in [6.07, 6.45) is 6.82. The number of rotatable bonds is 10. The second-order valence-corrected chi connectivity index (χ2v) is 12.1. The maximum atomic E-state index is 13.7. The van der Waals surface area contributed by atoms with E-state index >= 15 is 0 Å². The monoisotopic (exact) mass is 552 g/mol. The second kappa shape index (κ2) is 11.5. The molecule has 0 bridgehead atoms. The van der Waals surface area contributed by atoms with Crippen molar-refractivity contribution in [2.45, 2.75) is 43.3 Å². The van der Waals surface area contributed by atoms with Gasteiger partial charge in [-0.2, -0.15) is 4.31 Å². The predicted octanol–water partition coefficient (Wildman–Crippen LogP) is 5.25. The molecule has 3 aromatic carbocycles. The maximum absolute atomic E-state index is 13.7. The van der Waals surface area contributed by atoms with Crippen molar-refractivity contribution in [1.29, 1.82) is 0 Å². The molecule has 7 nitrogen and oxygen atoms in total. The van der Waals surface area contributed by atoms with Crippen molar-refractivity contribution in [3.63, 3.8) is 0 Å². The molecule has 0 saturated heterocycles. The molecule has 1 heterocycles. The van der Waals surface area contributed by atoms with Crippen LogP contribution in [0.25, 0.3) is 0 Å². The van der Waals surface area contributed by atoms with Gasteiger partial charge in [-0.25, -0.2) is 8.42 Å². The molecule has 8 heteroatoms. The lowest BCUT2D eigenvalue weighted by molar-refractivity contribution is 0.0930. The third kappa shape index (κ3) is 6.19. The molecule has 1 amide bonds. The van der Waals surface area contributed by atoms with Gasteiger partial charge in [-0.3, -0.25) is 14.8 Å². The van der Waals surface area contributed by atoms with Crippen molar-refractivity contribution < 1.29 is 13.2 Å². The van der Waals surface area contributed by atoms with Gasteiger partial charge in [0.2, 0.25) is 10.0 Å². The molecule has 1 aromatic heterocycles. The van der Waals surface area contributed by atoms with Crippen LogP contribution >= 0.6 is 0 Å². The molecule has 1 fully saturated rings. The number of amides is 1. The molecule has 0 aliphatic heterocycles. The van der Waals surface area contributed by atoms with Crippen LogP contribution in [0.4, 0.5) is 0 Å². The number of aliphatic imine (C=N–C) groups is 1. The van der Waals surface area contributed by atoms with Gasteiger partial charge in [0.25, 0.3) is 5.91 Å². The molecule has 1 N–H and O–H groups in total. The summed E-state index contributed by atoms with van der Waals surface area (Å²) in [5.41, 5.74) is 4.90. The second-order valence-electron chi connectivity index (χ2n) is 10.2. The lowest BCUT2D eigenvalue weighted by atomic mass is 10.0. The zero-order valence-corrected chi connectivity index (χ0v) is 23.4. The Morgan fingerprint density at radius 1 is 0.975 bits per heavy atom. The molecule has 5 rings (SSSR count). The van der Waals surface area contributed by atoms with Crippen molar-refractivity contribution in [3.05, 3.63) is 131 Å². The van der Waals surface area contributed by atoms with Crippen LogP contribution in [-0.4, -0.2) is 36.9 Å². The summed E-state index contributed by atoms with van der Waals surface area (Å²) in [6, 6.07) is 25.7. The number of aromatic nitrogens is 1. The minimum atomic E-state index is -3.82. The molecule has 0 spiro atoms. The van der Waals surface area contributed by atoms with E-state index in [1.807, 2.05) is 37.3 Å². The smallest absolute Gasteiger partial charge is 0.251 e. The standard InChI is InChI=1S/C32H32N4O3S/c1-24-5-3-7-29(19-24)32(16-17-32)35-31(37)28-12-8-26(9-13-28)22-36(23-27-6-4-18-34-21-27)40(38,39)30-14-10-25(11-15-30)20-33-2/h3-15,18-21H,16-17,22-23H2,1-2H3,(H,35,37). The molecular formula is C32H32N4O3S. The van der Waals surface area contributed by atoms with E-state index in [4.69, 9.17) is 0 Å². The number of nitrogens with zero attached hydrogens (tertiary/aromatic N) is 3. The third-order valence-electron chi connectivity index (χ3n) is 7.13. The summed E-state index contributed by atoms with van der Waals surface area (Å²) in [7, 11) is -2.15. The van der Waals surface area contributed by atoms with Gasteiger partial charge in [-0.05, 0) is 72.4 Å². The van der Waals surface area contributed by atoms with Crippen LogP contribution < -0.4 is 5.32 Å². The lowest BCUT2D eigenvalue weighted by Crippen LogP contribution is -2.35. The van der Waals surface area contributed by atoms with Gasteiger partial charge in [-0.1, -0.05) is 60.2 Å². The number of pyridine rings is 1. The van der Waals surface area contributed by atoms with E-state index in [9.17, 15) is 13.2 Å². The minimum absolute atomic E-state index is 0.138. The first-order chi connectivity index (χ1) is 19.3. The summed E-state index contributed by atoms with van der Waals surface area (Å²) >= 11 is 0. The SMILES string of the molecule is CN=Cc1ccc(S(=O)(=O)N(Cc2ccc(C(=O)NC3(c4cccc(C)c4)CC3)cc2)Cc2cccnc2)cc1. The van der Waals surface area contributed by atoms with Gasteiger partial charge >= 0.3 is 0 Å². The van der Waals surface area contributed by atoms with Gasteiger partial charge in [0.15, 0.2) is 0 Å². The number of sulfonamides is 1. The number of carbonyl (C=O) groups is 1. The number of hydrogen-bond donors (Lipinski definition) is 1. The Balaban J connectivity index is 1.35.